The van der Waals surface area contributed by atoms with Crippen molar-refractivity contribution in [1.29, 1.82) is 0 Å². The standard InChI is InChI=1S/C21H26N4O4/c1-3-23-10-12-24(13-11-23)18-7-5-17(6-8-18)22-21(26)15-29-20-9-4-16(2)14-19(20)25(27)28/h4-9,14H,3,10-13,15H2,1-2H3,(H,22,26). The summed E-state index contributed by atoms with van der Waals surface area (Å²) in [5, 5.41) is 13.9. The molecule has 1 N–H and O–H groups in total. The number of hydrogen-bond acceptors (Lipinski definition) is 6. The number of hydrogen-bond donors (Lipinski definition) is 1. The van der Waals surface area contributed by atoms with Gasteiger partial charge < -0.3 is 19.9 Å². The zero-order valence-electron chi connectivity index (χ0n) is 16.8. The van der Waals surface area contributed by atoms with E-state index in [1.807, 2.05) is 24.3 Å². The van der Waals surface area contributed by atoms with E-state index in [1.165, 1.54) is 12.1 Å². The summed E-state index contributed by atoms with van der Waals surface area (Å²) in [6.07, 6.45) is 0. The number of anilines is 2. The second-order valence-corrected chi connectivity index (χ2v) is 7.03. The number of rotatable bonds is 7. The Kier molecular flexibility index (Phi) is 6.66. The van der Waals surface area contributed by atoms with Crippen LogP contribution in [-0.4, -0.2) is 55.1 Å². The van der Waals surface area contributed by atoms with E-state index < -0.39 is 4.92 Å². The smallest absolute Gasteiger partial charge is 0.311 e. The van der Waals surface area contributed by atoms with Crippen molar-refractivity contribution < 1.29 is 14.5 Å². The number of carbonyl (C=O) groups is 1. The molecule has 0 radical (unpaired) electrons. The third kappa shape index (κ3) is 5.45. The SMILES string of the molecule is CCN1CCN(c2ccc(NC(=O)COc3ccc(C)cc3[N+](=O)[O-])cc2)CC1. The Balaban J connectivity index is 1.53. The highest BCUT2D eigenvalue weighted by Crippen LogP contribution is 2.27. The van der Waals surface area contributed by atoms with Crippen LogP contribution in [0, 0.1) is 17.0 Å². The van der Waals surface area contributed by atoms with Crippen LogP contribution in [-0.2, 0) is 4.79 Å². The lowest BCUT2D eigenvalue weighted by molar-refractivity contribution is -0.385. The Bertz CT molecular complexity index is 861. The summed E-state index contributed by atoms with van der Waals surface area (Å²) in [5.74, 6) is -0.290. The number of nitro groups is 1. The molecule has 0 saturated carbocycles. The number of amides is 1. The molecule has 1 saturated heterocycles. The van der Waals surface area contributed by atoms with E-state index in [1.54, 1.807) is 13.0 Å². The number of ether oxygens (including phenoxy) is 1. The average molecular weight is 398 g/mol. The second-order valence-electron chi connectivity index (χ2n) is 7.03. The van der Waals surface area contributed by atoms with Crippen LogP contribution in [0.25, 0.3) is 0 Å². The zero-order valence-corrected chi connectivity index (χ0v) is 16.8. The van der Waals surface area contributed by atoms with Gasteiger partial charge in [0.25, 0.3) is 5.91 Å². The first-order valence-corrected chi connectivity index (χ1v) is 9.71. The predicted molar refractivity (Wildman–Crippen MR) is 113 cm³/mol. The highest BCUT2D eigenvalue weighted by Gasteiger charge is 2.17. The molecule has 8 nitrogen and oxygen atoms in total. The van der Waals surface area contributed by atoms with Gasteiger partial charge in [-0.1, -0.05) is 13.0 Å². The van der Waals surface area contributed by atoms with Crippen LogP contribution in [0.5, 0.6) is 5.75 Å². The van der Waals surface area contributed by atoms with Crippen molar-refractivity contribution in [3.63, 3.8) is 0 Å². The molecule has 0 aromatic heterocycles. The monoisotopic (exact) mass is 398 g/mol. The highest BCUT2D eigenvalue weighted by molar-refractivity contribution is 5.92. The van der Waals surface area contributed by atoms with Crippen LogP contribution < -0.4 is 15.0 Å². The van der Waals surface area contributed by atoms with Gasteiger partial charge in [-0.15, -0.1) is 0 Å². The molecule has 3 rings (SSSR count). The van der Waals surface area contributed by atoms with E-state index in [-0.39, 0.29) is 24.0 Å². The van der Waals surface area contributed by atoms with Crippen LogP contribution in [0.4, 0.5) is 17.1 Å². The summed E-state index contributed by atoms with van der Waals surface area (Å²) in [6.45, 7) is 8.79. The molecule has 2 aromatic carbocycles. The maximum Gasteiger partial charge on any atom is 0.311 e. The number of carbonyl (C=O) groups excluding carboxylic acids is 1. The fraction of sp³-hybridized carbons (Fsp3) is 0.381. The summed E-state index contributed by atoms with van der Waals surface area (Å²) in [6, 6.07) is 12.3. The molecule has 2 aromatic rings. The zero-order chi connectivity index (χ0) is 20.8. The van der Waals surface area contributed by atoms with Gasteiger partial charge in [0, 0.05) is 43.6 Å². The van der Waals surface area contributed by atoms with Crippen LogP contribution in [0.1, 0.15) is 12.5 Å². The van der Waals surface area contributed by atoms with Gasteiger partial charge in [0.1, 0.15) is 0 Å². The number of benzene rings is 2. The molecule has 1 aliphatic heterocycles. The van der Waals surface area contributed by atoms with Gasteiger partial charge in [-0.2, -0.15) is 0 Å². The molecule has 0 spiro atoms. The predicted octanol–water partition coefficient (Wildman–Crippen LogP) is 3.06. The maximum atomic E-state index is 12.2. The fourth-order valence-corrected chi connectivity index (χ4v) is 3.31. The van der Waals surface area contributed by atoms with Crippen LogP contribution in [0.15, 0.2) is 42.5 Å². The molecule has 1 aliphatic rings. The number of aryl methyl sites for hydroxylation is 1. The van der Waals surface area contributed by atoms with Crippen molar-refractivity contribution in [3.8, 4) is 5.75 Å². The molecule has 0 atom stereocenters. The highest BCUT2D eigenvalue weighted by atomic mass is 16.6. The number of nitrogens with zero attached hydrogens (tertiary/aromatic N) is 3. The molecular formula is C21H26N4O4. The largest absolute Gasteiger partial charge is 0.477 e. The summed E-state index contributed by atoms with van der Waals surface area (Å²) in [7, 11) is 0. The first kappa shape index (κ1) is 20.6. The lowest BCUT2D eigenvalue weighted by atomic mass is 10.2. The van der Waals surface area contributed by atoms with Crippen molar-refractivity contribution in [2.24, 2.45) is 0 Å². The van der Waals surface area contributed by atoms with E-state index in [9.17, 15) is 14.9 Å². The van der Waals surface area contributed by atoms with Crippen LogP contribution in [0.3, 0.4) is 0 Å². The Morgan fingerprint density at radius 3 is 2.45 bits per heavy atom. The third-order valence-corrected chi connectivity index (χ3v) is 5.01. The summed E-state index contributed by atoms with van der Waals surface area (Å²) in [5.41, 5.74) is 2.40. The van der Waals surface area contributed by atoms with Gasteiger partial charge in [-0.25, -0.2) is 0 Å². The van der Waals surface area contributed by atoms with E-state index in [0.29, 0.717) is 5.69 Å². The second kappa shape index (κ2) is 9.38. The molecule has 1 amide bonds. The topological polar surface area (TPSA) is 88.0 Å². The number of likely N-dealkylation sites (N-methyl/N-ethyl adjacent to an activating group) is 1. The maximum absolute atomic E-state index is 12.2. The van der Waals surface area contributed by atoms with Crippen molar-refractivity contribution in [2.45, 2.75) is 13.8 Å². The van der Waals surface area contributed by atoms with Gasteiger partial charge in [0.15, 0.2) is 12.4 Å². The Hall–Kier alpha value is -3.13. The quantitative estimate of drug-likeness (QED) is 0.570. The summed E-state index contributed by atoms with van der Waals surface area (Å²) < 4.78 is 5.36. The van der Waals surface area contributed by atoms with Crippen molar-refractivity contribution in [3.05, 3.63) is 58.1 Å². The molecule has 154 valence electrons. The average Bonchev–Trinajstić information content (AvgIpc) is 2.73. The van der Waals surface area contributed by atoms with E-state index >= 15 is 0 Å². The number of nitro benzene ring substituents is 1. The van der Waals surface area contributed by atoms with Gasteiger partial charge >= 0.3 is 5.69 Å². The third-order valence-electron chi connectivity index (χ3n) is 5.01. The van der Waals surface area contributed by atoms with Gasteiger partial charge in [0.2, 0.25) is 0 Å². The van der Waals surface area contributed by atoms with Gasteiger partial charge in [-0.3, -0.25) is 14.9 Å². The molecule has 0 unspecified atom stereocenters. The summed E-state index contributed by atoms with van der Waals surface area (Å²) in [4.78, 5) is 27.5. The number of piperazine rings is 1. The first-order valence-electron chi connectivity index (χ1n) is 9.71. The molecule has 1 heterocycles. The Morgan fingerprint density at radius 1 is 1.14 bits per heavy atom. The molecule has 0 aliphatic carbocycles. The van der Waals surface area contributed by atoms with E-state index in [2.05, 4.69) is 22.0 Å². The number of nitrogens with one attached hydrogen (secondary N) is 1. The Labute approximate surface area is 170 Å². The van der Waals surface area contributed by atoms with Crippen molar-refractivity contribution >= 4 is 23.0 Å². The Morgan fingerprint density at radius 2 is 1.83 bits per heavy atom. The molecule has 29 heavy (non-hydrogen) atoms. The van der Waals surface area contributed by atoms with Crippen LogP contribution >= 0.6 is 0 Å². The lowest BCUT2D eigenvalue weighted by Gasteiger charge is -2.35. The van der Waals surface area contributed by atoms with Gasteiger partial charge in [0.05, 0.1) is 4.92 Å². The summed E-state index contributed by atoms with van der Waals surface area (Å²) >= 11 is 0. The lowest BCUT2D eigenvalue weighted by Crippen LogP contribution is -2.46. The molecular weight excluding hydrogens is 372 g/mol. The fourth-order valence-electron chi connectivity index (χ4n) is 3.31. The van der Waals surface area contributed by atoms with Crippen molar-refractivity contribution in [2.75, 3.05) is 49.5 Å². The normalized spacial score (nSPS) is 14.5. The van der Waals surface area contributed by atoms with Crippen molar-refractivity contribution in [1.82, 2.24) is 4.90 Å². The minimum absolute atomic E-state index is 0.0809. The molecule has 0 bridgehead atoms. The minimum Gasteiger partial charge on any atom is -0.477 e. The molecule has 1 fully saturated rings. The van der Waals surface area contributed by atoms with Gasteiger partial charge in [-0.05, 0) is 49.4 Å². The first-order chi connectivity index (χ1) is 14.0. The van der Waals surface area contributed by atoms with E-state index in [4.69, 9.17) is 4.74 Å². The minimum atomic E-state index is -0.515. The molecule has 8 heteroatoms. The van der Waals surface area contributed by atoms with Crippen LogP contribution in [0.2, 0.25) is 0 Å². The van der Waals surface area contributed by atoms with E-state index in [0.717, 1.165) is 44.0 Å².